The maximum atomic E-state index is 15.4. The first-order valence-corrected chi connectivity index (χ1v) is 31.0. The summed E-state index contributed by atoms with van der Waals surface area (Å²) in [6, 6.07) is 98.5. The molecule has 0 fully saturated rings. The van der Waals surface area contributed by atoms with Crippen LogP contribution in [0.2, 0.25) is 0 Å². The van der Waals surface area contributed by atoms with Gasteiger partial charge < -0.3 is 9.13 Å². The molecule has 0 saturated heterocycles. The molecule has 370 valence electrons. The molecule has 4 heteroatoms. The Labute approximate surface area is 454 Å². The summed E-state index contributed by atoms with van der Waals surface area (Å²) in [6.07, 6.45) is 0. The molecular formula is C74H52O2P2. The summed E-state index contributed by atoms with van der Waals surface area (Å²) in [7, 11) is -5.94. The highest BCUT2D eigenvalue weighted by Gasteiger charge is 2.26. The van der Waals surface area contributed by atoms with Crippen molar-refractivity contribution in [3.63, 3.8) is 0 Å². The summed E-state index contributed by atoms with van der Waals surface area (Å²) in [5.41, 5.74) is 11.3. The van der Waals surface area contributed by atoms with Gasteiger partial charge in [0.1, 0.15) is 14.3 Å². The molecule has 2 nitrogen and oxygen atoms in total. The highest BCUT2D eigenvalue weighted by molar-refractivity contribution is 7.78. The van der Waals surface area contributed by atoms with Crippen molar-refractivity contribution in [2.24, 2.45) is 0 Å². The number of rotatable bonds is 9. The van der Waals surface area contributed by atoms with Crippen molar-refractivity contribution in [1.82, 2.24) is 0 Å². The molecule has 0 bridgehead atoms. The van der Waals surface area contributed by atoms with Crippen molar-refractivity contribution >= 4 is 100 Å². The first-order valence-electron chi connectivity index (χ1n) is 26.6. The van der Waals surface area contributed by atoms with Crippen LogP contribution in [0.4, 0.5) is 0 Å². The van der Waals surface area contributed by atoms with Crippen LogP contribution in [0.1, 0.15) is 0 Å². The van der Waals surface area contributed by atoms with Gasteiger partial charge in [-0.25, -0.2) is 0 Å². The van der Waals surface area contributed by atoms with E-state index in [1.165, 1.54) is 54.6 Å². The molecule has 0 radical (unpaired) electrons. The minimum Gasteiger partial charge on any atom is -0.314 e. The summed E-state index contributed by atoms with van der Waals surface area (Å²) in [6.45, 7) is 3.79. The molecule has 14 aromatic rings. The van der Waals surface area contributed by atoms with E-state index < -0.39 is 14.3 Å². The SMILES string of the molecule is CP(=O)(c1ccc(-c2c3ccccc3c(-c3cccc4ccccc34)c3ccccc23)cc1)c1cccc(-c2ccc(-c3c4ccccc4c(-c4cccc(P(C)(=O)c5ccccc5)c4)c4ccccc34)c3ccccc23)c1. The van der Waals surface area contributed by atoms with E-state index in [0.29, 0.717) is 0 Å². The van der Waals surface area contributed by atoms with Crippen LogP contribution < -0.4 is 21.2 Å². The van der Waals surface area contributed by atoms with Gasteiger partial charge in [-0.2, -0.15) is 0 Å². The van der Waals surface area contributed by atoms with Gasteiger partial charge in [0.2, 0.25) is 0 Å². The topological polar surface area (TPSA) is 34.1 Å². The van der Waals surface area contributed by atoms with Crippen molar-refractivity contribution in [3.8, 4) is 55.6 Å². The Kier molecular flexibility index (Phi) is 11.6. The zero-order valence-corrected chi connectivity index (χ0v) is 45.1. The molecule has 0 aliphatic rings. The predicted octanol–water partition coefficient (Wildman–Crippen LogP) is 18.8. The maximum absolute atomic E-state index is 15.4. The summed E-state index contributed by atoms with van der Waals surface area (Å²) in [4.78, 5) is 0. The highest BCUT2D eigenvalue weighted by atomic mass is 31.2. The van der Waals surface area contributed by atoms with Gasteiger partial charge in [0, 0.05) is 21.2 Å². The molecular weight excluding hydrogens is 983 g/mol. The predicted molar refractivity (Wildman–Crippen MR) is 337 cm³/mol. The van der Waals surface area contributed by atoms with E-state index in [1.54, 1.807) is 0 Å². The zero-order valence-electron chi connectivity index (χ0n) is 43.3. The van der Waals surface area contributed by atoms with E-state index in [9.17, 15) is 4.57 Å². The van der Waals surface area contributed by atoms with Crippen LogP contribution in [0, 0.1) is 0 Å². The molecule has 0 amide bonds. The molecule has 0 saturated carbocycles. The van der Waals surface area contributed by atoms with E-state index in [0.717, 1.165) is 86.9 Å². The van der Waals surface area contributed by atoms with Crippen LogP contribution in [0.25, 0.3) is 120 Å². The largest absolute Gasteiger partial charge is 0.314 e. The van der Waals surface area contributed by atoms with E-state index >= 15 is 4.57 Å². The molecule has 2 unspecified atom stereocenters. The quantitative estimate of drug-likeness (QED) is 0.107. The Hall–Kier alpha value is -8.90. The molecule has 14 aromatic carbocycles. The Balaban J connectivity index is 0.847. The molecule has 2 atom stereocenters. The lowest BCUT2D eigenvalue weighted by Gasteiger charge is -2.21. The molecule has 0 N–H and O–H groups in total. The average molecular weight is 1040 g/mol. The molecule has 0 aliphatic heterocycles. The lowest BCUT2D eigenvalue weighted by atomic mass is 9.84. The van der Waals surface area contributed by atoms with Crippen molar-refractivity contribution in [2.75, 3.05) is 13.3 Å². The van der Waals surface area contributed by atoms with Crippen LogP contribution in [0.15, 0.2) is 279 Å². The first kappa shape index (κ1) is 47.5. The van der Waals surface area contributed by atoms with Gasteiger partial charge in [0.25, 0.3) is 0 Å². The van der Waals surface area contributed by atoms with Crippen molar-refractivity contribution < 1.29 is 9.13 Å². The van der Waals surface area contributed by atoms with Crippen molar-refractivity contribution in [3.05, 3.63) is 279 Å². The normalized spacial score (nSPS) is 13.3. The smallest absolute Gasteiger partial charge is 0.140 e. The lowest BCUT2D eigenvalue weighted by molar-refractivity contribution is 0.589. The number of benzene rings is 14. The zero-order chi connectivity index (χ0) is 52.5. The second kappa shape index (κ2) is 19.0. The number of fused-ring (bicyclic) bond motifs is 6. The Morgan fingerprint density at radius 3 is 1.08 bits per heavy atom. The van der Waals surface area contributed by atoms with Gasteiger partial charge in [0.15, 0.2) is 0 Å². The molecule has 0 heterocycles. The molecule has 14 rings (SSSR count). The van der Waals surface area contributed by atoms with E-state index in [-0.39, 0.29) is 0 Å². The Morgan fingerprint density at radius 1 is 0.218 bits per heavy atom. The van der Waals surface area contributed by atoms with Gasteiger partial charge in [-0.1, -0.05) is 267 Å². The summed E-state index contributed by atoms with van der Waals surface area (Å²) >= 11 is 0. The van der Waals surface area contributed by atoms with E-state index in [2.05, 4.69) is 231 Å². The fourth-order valence-corrected chi connectivity index (χ4v) is 16.0. The fourth-order valence-electron chi connectivity index (χ4n) is 12.5. The monoisotopic (exact) mass is 1030 g/mol. The van der Waals surface area contributed by atoms with E-state index in [4.69, 9.17) is 0 Å². The lowest BCUT2D eigenvalue weighted by Crippen LogP contribution is -2.15. The Morgan fingerprint density at radius 2 is 0.551 bits per heavy atom. The minimum atomic E-state index is -3.07. The average Bonchev–Trinajstić information content (AvgIpc) is 3.63. The molecule has 78 heavy (non-hydrogen) atoms. The van der Waals surface area contributed by atoms with Gasteiger partial charge in [-0.05, 0) is 146 Å². The third-order valence-corrected chi connectivity index (χ3v) is 21.4. The number of hydrogen-bond acceptors (Lipinski definition) is 2. The summed E-state index contributed by atoms with van der Waals surface area (Å²) in [5.74, 6) is 0. The Bertz CT molecular complexity index is 4710. The fraction of sp³-hybridized carbons (Fsp3) is 0.0270. The van der Waals surface area contributed by atoms with Gasteiger partial charge in [0.05, 0.1) is 0 Å². The van der Waals surface area contributed by atoms with Gasteiger partial charge in [-0.3, -0.25) is 0 Å². The minimum absolute atomic E-state index is 0.816. The summed E-state index contributed by atoms with van der Waals surface area (Å²) < 4.78 is 29.9. The first-order chi connectivity index (χ1) is 38.2. The molecule has 0 spiro atoms. The van der Waals surface area contributed by atoms with Crippen LogP contribution in [0.3, 0.4) is 0 Å². The van der Waals surface area contributed by atoms with Crippen molar-refractivity contribution in [1.29, 1.82) is 0 Å². The van der Waals surface area contributed by atoms with Crippen LogP contribution >= 0.6 is 14.3 Å². The second-order valence-corrected chi connectivity index (χ2v) is 26.5. The van der Waals surface area contributed by atoms with Crippen LogP contribution in [-0.4, -0.2) is 13.3 Å². The number of hydrogen-bond donors (Lipinski definition) is 0. The second-order valence-electron chi connectivity index (χ2n) is 20.7. The third-order valence-electron chi connectivity index (χ3n) is 16.3. The van der Waals surface area contributed by atoms with Gasteiger partial charge in [-0.15, -0.1) is 0 Å². The summed E-state index contributed by atoms with van der Waals surface area (Å²) in [5, 5.41) is 17.4. The van der Waals surface area contributed by atoms with Crippen LogP contribution in [-0.2, 0) is 9.13 Å². The molecule has 0 aliphatic carbocycles. The van der Waals surface area contributed by atoms with Gasteiger partial charge >= 0.3 is 0 Å². The molecule has 0 aromatic heterocycles. The highest BCUT2D eigenvalue weighted by Crippen LogP contribution is 2.50. The standard InChI is InChI=1S/C74H52O2P2/c1-77(75,53-25-4-3-5-26-53)56-28-19-24-52(48-56)72-64-34-12-16-38-68(64)74(69-39-17-13-35-65(69)72)70-46-45-58(59-30-8-9-31-60(59)70)51-23-18-27-55(47-51)78(2,76)54-43-41-50(42-44-54)71-62-32-10-14-36-66(62)73(67-37-15-11-33-63(67)71)61-40-20-22-49-21-6-7-29-57(49)61/h3-48H,1-2H3. The third kappa shape index (κ3) is 7.78. The van der Waals surface area contributed by atoms with Crippen LogP contribution in [0.5, 0.6) is 0 Å². The maximum Gasteiger partial charge on any atom is 0.140 e. The van der Waals surface area contributed by atoms with Crippen molar-refractivity contribution in [2.45, 2.75) is 0 Å². The van der Waals surface area contributed by atoms with E-state index in [1.807, 2.05) is 61.9 Å².